The zero-order valence-electron chi connectivity index (χ0n) is 5.60. The van der Waals surface area contributed by atoms with Gasteiger partial charge >= 0.3 is 51.4 Å². The second kappa shape index (κ2) is 6.23. The minimum atomic E-state index is -0.264. The van der Waals surface area contributed by atoms with E-state index < -0.39 is 0 Å². The van der Waals surface area contributed by atoms with Gasteiger partial charge < -0.3 is 4.74 Å². The molecule has 0 N–H and O–H groups in total. The van der Waals surface area contributed by atoms with E-state index in [0.29, 0.717) is 0 Å². The molecule has 0 fully saturated rings. The maximum atomic E-state index is 10.2. The predicted octanol–water partition coefficient (Wildman–Crippen LogP) is -2.02. The fourth-order valence-corrected chi connectivity index (χ4v) is 0.167. The van der Waals surface area contributed by atoms with Crippen molar-refractivity contribution in [3.63, 3.8) is 0 Å². The number of ether oxygens (including phenoxy) is 1. The molecule has 0 radical (unpaired) electrons. The molecule has 42 valence electrons. The zero-order valence-corrected chi connectivity index (χ0v) is 8.72. The van der Waals surface area contributed by atoms with Crippen molar-refractivity contribution in [3.05, 3.63) is 7.11 Å². The van der Waals surface area contributed by atoms with Gasteiger partial charge in [-0.3, -0.25) is 4.79 Å². The van der Waals surface area contributed by atoms with E-state index >= 15 is 0 Å². The summed E-state index contributed by atoms with van der Waals surface area (Å²) in [7, 11) is 2.96. The van der Waals surface area contributed by atoms with Crippen molar-refractivity contribution < 1.29 is 60.9 Å². The van der Waals surface area contributed by atoms with E-state index in [1.54, 1.807) is 13.8 Å². The van der Waals surface area contributed by atoms with Crippen LogP contribution in [-0.2, 0) is 9.53 Å². The summed E-state index contributed by atoms with van der Waals surface area (Å²) in [4.78, 5) is 10.2. The summed E-state index contributed by atoms with van der Waals surface area (Å²) in [5, 5.41) is 0. The summed E-state index contributed by atoms with van der Waals surface area (Å²) >= 11 is 0. The molecule has 0 rings (SSSR count). The van der Waals surface area contributed by atoms with E-state index in [-0.39, 0.29) is 63.3 Å². The molecule has 0 amide bonds. The Hall–Kier alpha value is 1.11. The Kier molecular flexibility index (Phi) is 9.23. The molecule has 0 aliphatic rings. The van der Waals surface area contributed by atoms with Crippen LogP contribution in [-0.4, -0.2) is 5.97 Å². The average molecular weight is 140 g/mol. The van der Waals surface area contributed by atoms with E-state index in [0.717, 1.165) is 0 Å². The number of esters is 1. The SMILES string of the molecule is [CH2-]OC(=O)C(C)C.[K+]. The molecule has 2 nitrogen and oxygen atoms in total. The first-order valence-electron chi connectivity index (χ1n) is 2.14. The molecule has 0 atom stereocenters. The summed E-state index contributed by atoms with van der Waals surface area (Å²) in [6.07, 6.45) is 0. The van der Waals surface area contributed by atoms with Crippen LogP contribution in [0.1, 0.15) is 13.8 Å². The Morgan fingerprint density at radius 3 is 2.00 bits per heavy atom. The van der Waals surface area contributed by atoms with Crippen molar-refractivity contribution in [1.29, 1.82) is 0 Å². The van der Waals surface area contributed by atoms with Gasteiger partial charge in [-0.1, -0.05) is 13.8 Å². The van der Waals surface area contributed by atoms with Gasteiger partial charge in [-0.15, -0.1) is 0 Å². The second-order valence-electron chi connectivity index (χ2n) is 1.62. The van der Waals surface area contributed by atoms with Crippen LogP contribution in [0, 0.1) is 13.0 Å². The van der Waals surface area contributed by atoms with Gasteiger partial charge in [0, 0.05) is 5.92 Å². The Balaban J connectivity index is 0. The standard InChI is InChI=1S/C5H9O2.K/c1-4(2)5(6)7-3;/h4H,3H2,1-2H3;/q-1;+1. The van der Waals surface area contributed by atoms with Gasteiger partial charge in [0.25, 0.3) is 5.97 Å². The summed E-state index contributed by atoms with van der Waals surface area (Å²) in [5.74, 6) is -0.322. The molecule has 0 aromatic rings. The van der Waals surface area contributed by atoms with Crippen molar-refractivity contribution in [2.45, 2.75) is 13.8 Å². The Labute approximate surface area is 92.4 Å². The number of hydrogen-bond acceptors (Lipinski definition) is 2. The second-order valence-corrected chi connectivity index (χ2v) is 1.62. The molecule has 0 aromatic carbocycles. The zero-order chi connectivity index (χ0) is 5.86. The topological polar surface area (TPSA) is 26.3 Å². The molecule has 0 saturated heterocycles. The Bertz CT molecular complexity index is 70.8. The first-order valence-corrected chi connectivity index (χ1v) is 2.14. The van der Waals surface area contributed by atoms with Crippen molar-refractivity contribution in [1.82, 2.24) is 0 Å². The van der Waals surface area contributed by atoms with Crippen LogP contribution in [0.25, 0.3) is 0 Å². The summed E-state index contributed by atoms with van der Waals surface area (Å²) < 4.78 is 4.12. The van der Waals surface area contributed by atoms with Gasteiger partial charge in [0.1, 0.15) is 0 Å². The maximum absolute atomic E-state index is 10.2. The molecular weight excluding hydrogens is 131 g/mol. The van der Waals surface area contributed by atoms with Crippen molar-refractivity contribution >= 4 is 5.97 Å². The van der Waals surface area contributed by atoms with Crippen molar-refractivity contribution in [3.8, 4) is 0 Å². The first kappa shape index (κ1) is 11.8. The number of hydrogen-bond donors (Lipinski definition) is 0. The first-order chi connectivity index (χ1) is 3.18. The molecule has 3 heteroatoms. The number of rotatable bonds is 1. The summed E-state index contributed by atoms with van der Waals surface area (Å²) in [6, 6.07) is 0. The Morgan fingerprint density at radius 2 is 2.00 bits per heavy atom. The van der Waals surface area contributed by atoms with Crippen LogP contribution in [0.2, 0.25) is 0 Å². The molecule has 0 spiro atoms. The van der Waals surface area contributed by atoms with Crippen LogP contribution >= 0.6 is 0 Å². The van der Waals surface area contributed by atoms with Gasteiger partial charge in [-0.25, -0.2) is 0 Å². The Morgan fingerprint density at radius 1 is 1.62 bits per heavy atom. The van der Waals surface area contributed by atoms with E-state index in [4.69, 9.17) is 0 Å². The molecule has 0 unspecified atom stereocenters. The van der Waals surface area contributed by atoms with Crippen LogP contribution in [0.4, 0.5) is 0 Å². The maximum Gasteiger partial charge on any atom is 1.00 e. The number of carbonyl (C=O) groups is 1. The summed E-state index contributed by atoms with van der Waals surface area (Å²) in [5.41, 5.74) is 0. The fraction of sp³-hybridized carbons (Fsp3) is 0.600. The van der Waals surface area contributed by atoms with Gasteiger partial charge in [0.05, 0.1) is 0 Å². The molecular formula is C5H9KO2. The van der Waals surface area contributed by atoms with Crippen LogP contribution in [0.3, 0.4) is 0 Å². The van der Waals surface area contributed by atoms with Crippen LogP contribution < -0.4 is 51.4 Å². The van der Waals surface area contributed by atoms with E-state index in [1.807, 2.05) is 0 Å². The average Bonchev–Trinajstić information content (AvgIpc) is 1.65. The van der Waals surface area contributed by atoms with Gasteiger partial charge in [-0.2, -0.15) is 7.11 Å². The third-order valence-electron chi connectivity index (χ3n) is 0.614. The van der Waals surface area contributed by atoms with E-state index in [9.17, 15) is 4.79 Å². The predicted molar refractivity (Wildman–Crippen MR) is 26.3 cm³/mol. The molecule has 0 bridgehead atoms. The van der Waals surface area contributed by atoms with Crippen LogP contribution in [0.5, 0.6) is 0 Å². The monoisotopic (exact) mass is 140 g/mol. The molecule has 0 aliphatic heterocycles. The van der Waals surface area contributed by atoms with Crippen molar-refractivity contribution in [2.24, 2.45) is 5.92 Å². The molecule has 0 aromatic heterocycles. The number of carbonyl (C=O) groups excluding carboxylic acids is 1. The molecule has 0 heterocycles. The van der Waals surface area contributed by atoms with Gasteiger partial charge in [0.2, 0.25) is 0 Å². The van der Waals surface area contributed by atoms with Gasteiger partial charge in [0.15, 0.2) is 0 Å². The largest absolute Gasteiger partial charge is 1.00 e. The van der Waals surface area contributed by atoms with Crippen LogP contribution in [0.15, 0.2) is 0 Å². The van der Waals surface area contributed by atoms with E-state index in [2.05, 4.69) is 11.8 Å². The molecule has 8 heavy (non-hydrogen) atoms. The normalized spacial score (nSPS) is 8.00. The molecule has 0 saturated carbocycles. The van der Waals surface area contributed by atoms with Crippen molar-refractivity contribution in [2.75, 3.05) is 0 Å². The summed E-state index contributed by atoms with van der Waals surface area (Å²) in [6.45, 7) is 3.51. The van der Waals surface area contributed by atoms with E-state index in [1.165, 1.54) is 0 Å². The third kappa shape index (κ3) is 5.25. The fourth-order valence-electron chi connectivity index (χ4n) is 0.167. The quantitative estimate of drug-likeness (QED) is 0.239. The smallest absolute Gasteiger partial charge is 0.640 e. The van der Waals surface area contributed by atoms with Gasteiger partial charge in [-0.05, 0) is 0 Å². The minimum absolute atomic E-state index is 0. The minimum Gasteiger partial charge on any atom is -0.640 e. The molecule has 0 aliphatic carbocycles. The third-order valence-corrected chi connectivity index (χ3v) is 0.614.